The first-order chi connectivity index (χ1) is 13.0. The normalized spacial score (nSPS) is 13.1. The van der Waals surface area contributed by atoms with Gasteiger partial charge in [-0.05, 0) is 44.2 Å². The number of carbonyl (C=O) groups excluding carboxylic acids is 2. The maximum absolute atomic E-state index is 12.9. The van der Waals surface area contributed by atoms with Gasteiger partial charge in [-0.2, -0.15) is 0 Å². The number of para-hydroxylation sites is 1. The molecule has 2 N–H and O–H groups in total. The summed E-state index contributed by atoms with van der Waals surface area (Å²) in [6.45, 7) is 5.45. The Morgan fingerprint density at radius 2 is 1.93 bits per heavy atom. The van der Waals surface area contributed by atoms with Crippen LogP contribution in [0.1, 0.15) is 50.8 Å². The molecule has 7 heteroatoms. The lowest BCUT2D eigenvalue weighted by atomic mass is 10.1. The molecule has 2 heterocycles. The Kier molecular flexibility index (Phi) is 5.91. The number of hydrogen-bond donors (Lipinski definition) is 2. The van der Waals surface area contributed by atoms with Crippen molar-refractivity contribution >= 4 is 17.5 Å². The third kappa shape index (κ3) is 4.03. The maximum Gasteiger partial charge on any atom is 0.287 e. The van der Waals surface area contributed by atoms with E-state index >= 15 is 0 Å². The highest BCUT2D eigenvalue weighted by Gasteiger charge is 2.27. The van der Waals surface area contributed by atoms with E-state index in [-0.39, 0.29) is 11.8 Å². The standard InChI is InChI=1S/C20H26N4O3/c1-13-7-6-8-14(2)16(13)23-19(25)17-15-9-4-5-11-24(15)18(22-17)20(26)21-10-12-27-3/h6-8H,4-5,9-12H2,1-3H3,(H,21,26)(H,23,25). The summed E-state index contributed by atoms with van der Waals surface area (Å²) in [6.07, 6.45) is 2.70. The third-order valence-electron chi connectivity index (χ3n) is 4.85. The molecule has 1 aliphatic rings. The average Bonchev–Trinajstić information content (AvgIpc) is 3.05. The molecule has 7 nitrogen and oxygen atoms in total. The Morgan fingerprint density at radius 1 is 1.19 bits per heavy atom. The average molecular weight is 370 g/mol. The van der Waals surface area contributed by atoms with Gasteiger partial charge in [-0.1, -0.05) is 18.2 Å². The summed E-state index contributed by atoms with van der Waals surface area (Å²) in [5, 5.41) is 5.77. The van der Waals surface area contributed by atoms with Crippen LogP contribution in [-0.2, 0) is 17.7 Å². The van der Waals surface area contributed by atoms with Crippen molar-refractivity contribution in [2.45, 2.75) is 39.7 Å². The van der Waals surface area contributed by atoms with E-state index in [9.17, 15) is 9.59 Å². The number of ether oxygens (including phenoxy) is 1. The molecule has 2 aromatic rings. The van der Waals surface area contributed by atoms with Crippen LogP contribution < -0.4 is 10.6 Å². The van der Waals surface area contributed by atoms with Crippen molar-refractivity contribution in [2.75, 3.05) is 25.6 Å². The molecule has 1 aromatic carbocycles. The Morgan fingerprint density at radius 3 is 2.63 bits per heavy atom. The number of aryl methyl sites for hydroxylation is 2. The van der Waals surface area contributed by atoms with Crippen molar-refractivity contribution in [1.29, 1.82) is 0 Å². The minimum absolute atomic E-state index is 0.269. The smallest absolute Gasteiger partial charge is 0.287 e. The number of fused-ring (bicyclic) bond motifs is 1. The topological polar surface area (TPSA) is 85.2 Å². The zero-order valence-corrected chi connectivity index (χ0v) is 16.1. The largest absolute Gasteiger partial charge is 0.383 e. The van der Waals surface area contributed by atoms with Crippen LogP contribution in [0, 0.1) is 13.8 Å². The number of aromatic nitrogens is 2. The molecule has 0 atom stereocenters. The second-order valence-electron chi connectivity index (χ2n) is 6.81. The highest BCUT2D eigenvalue weighted by atomic mass is 16.5. The van der Waals surface area contributed by atoms with Crippen LogP contribution in [0.15, 0.2) is 18.2 Å². The van der Waals surface area contributed by atoms with Crippen molar-refractivity contribution in [2.24, 2.45) is 0 Å². The quantitative estimate of drug-likeness (QED) is 0.765. The monoisotopic (exact) mass is 370 g/mol. The predicted molar refractivity (Wildman–Crippen MR) is 103 cm³/mol. The van der Waals surface area contributed by atoms with Crippen molar-refractivity contribution in [3.8, 4) is 0 Å². The lowest BCUT2D eigenvalue weighted by molar-refractivity contribution is 0.0921. The van der Waals surface area contributed by atoms with Crippen LogP contribution in [0.5, 0.6) is 0 Å². The summed E-state index contributed by atoms with van der Waals surface area (Å²) in [5.41, 5.74) is 3.96. The highest BCUT2D eigenvalue weighted by molar-refractivity contribution is 6.05. The number of hydrogen-bond acceptors (Lipinski definition) is 4. The van der Waals surface area contributed by atoms with Crippen molar-refractivity contribution < 1.29 is 14.3 Å². The molecule has 1 aromatic heterocycles. The van der Waals surface area contributed by atoms with Crippen LogP contribution in [0.25, 0.3) is 0 Å². The van der Waals surface area contributed by atoms with Crippen LogP contribution >= 0.6 is 0 Å². The summed E-state index contributed by atoms with van der Waals surface area (Å²) in [5.74, 6) is -0.247. The van der Waals surface area contributed by atoms with Gasteiger partial charge in [0.15, 0.2) is 11.5 Å². The van der Waals surface area contributed by atoms with E-state index < -0.39 is 0 Å². The second-order valence-corrected chi connectivity index (χ2v) is 6.81. The van der Waals surface area contributed by atoms with Gasteiger partial charge in [0.05, 0.1) is 12.3 Å². The fourth-order valence-electron chi connectivity index (χ4n) is 3.43. The van der Waals surface area contributed by atoms with Gasteiger partial charge in [0.2, 0.25) is 0 Å². The number of rotatable bonds is 6. The zero-order valence-electron chi connectivity index (χ0n) is 16.1. The molecule has 27 heavy (non-hydrogen) atoms. The first-order valence-electron chi connectivity index (χ1n) is 9.27. The van der Waals surface area contributed by atoms with E-state index in [1.807, 2.05) is 36.6 Å². The molecule has 0 saturated carbocycles. The van der Waals surface area contributed by atoms with E-state index in [1.165, 1.54) is 0 Å². The number of nitrogens with zero attached hydrogens (tertiary/aromatic N) is 2. The highest BCUT2D eigenvalue weighted by Crippen LogP contribution is 2.24. The molecule has 0 aliphatic carbocycles. The first kappa shape index (κ1) is 19.1. The molecule has 144 valence electrons. The lowest BCUT2D eigenvalue weighted by Crippen LogP contribution is -2.30. The third-order valence-corrected chi connectivity index (χ3v) is 4.85. The number of methoxy groups -OCH3 is 1. The Hall–Kier alpha value is -2.67. The summed E-state index contributed by atoms with van der Waals surface area (Å²) in [4.78, 5) is 29.9. The molecule has 0 spiro atoms. The van der Waals surface area contributed by atoms with Gasteiger partial charge < -0.3 is 19.9 Å². The molecule has 0 saturated heterocycles. The van der Waals surface area contributed by atoms with Gasteiger partial charge in [0.25, 0.3) is 11.8 Å². The summed E-state index contributed by atoms with van der Waals surface area (Å²) >= 11 is 0. The molecular weight excluding hydrogens is 344 g/mol. The molecule has 2 amide bonds. The van der Waals surface area contributed by atoms with E-state index in [2.05, 4.69) is 15.6 Å². The van der Waals surface area contributed by atoms with Crippen molar-refractivity contribution in [3.63, 3.8) is 0 Å². The number of benzene rings is 1. The first-order valence-corrected chi connectivity index (χ1v) is 9.27. The van der Waals surface area contributed by atoms with Crippen LogP contribution in [-0.4, -0.2) is 41.6 Å². The molecule has 0 fully saturated rings. The molecule has 3 rings (SSSR count). The van der Waals surface area contributed by atoms with Gasteiger partial charge in [-0.3, -0.25) is 9.59 Å². The molecule has 0 unspecified atom stereocenters. The second kappa shape index (κ2) is 8.35. The Labute approximate surface area is 159 Å². The van der Waals surface area contributed by atoms with Crippen LogP contribution in [0.3, 0.4) is 0 Å². The Balaban J connectivity index is 1.89. The SMILES string of the molecule is COCCNC(=O)c1nc(C(=O)Nc2c(C)cccc2C)c2n1CCCC2. The fraction of sp³-hybridized carbons (Fsp3) is 0.450. The van der Waals surface area contributed by atoms with Gasteiger partial charge in [-0.25, -0.2) is 4.98 Å². The molecule has 0 bridgehead atoms. The number of imidazole rings is 1. The van der Waals surface area contributed by atoms with E-state index in [1.54, 1.807) is 7.11 Å². The molecule has 1 aliphatic heterocycles. The van der Waals surface area contributed by atoms with Gasteiger partial charge in [0.1, 0.15) is 0 Å². The van der Waals surface area contributed by atoms with Crippen molar-refractivity contribution in [1.82, 2.24) is 14.9 Å². The summed E-state index contributed by atoms with van der Waals surface area (Å²) in [7, 11) is 1.58. The Bertz CT molecular complexity index is 837. The van der Waals surface area contributed by atoms with E-state index in [0.29, 0.717) is 31.2 Å². The van der Waals surface area contributed by atoms with Gasteiger partial charge in [-0.15, -0.1) is 0 Å². The maximum atomic E-state index is 12.9. The number of carbonyl (C=O) groups is 2. The van der Waals surface area contributed by atoms with Crippen LogP contribution in [0.2, 0.25) is 0 Å². The van der Waals surface area contributed by atoms with E-state index in [0.717, 1.165) is 41.8 Å². The number of nitrogens with one attached hydrogen (secondary N) is 2. The zero-order chi connectivity index (χ0) is 19.4. The summed E-state index contributed by atoms with van der Waals surface area (Å²) < 4.78 is 6.85. The van der Waals surface area contributed by atoms with Crippen molar-refractivity contribution in [3.05, 3.63) is 46.5 Å². The molecule has 0 radical (unpaired) electrons. The van der Waals surface area contributed by atoms with E-state index in [4.69, 9.17) is 4.74 Å². The van der Waals surface area contributed by atoms with Gasteiger partial charge in [0, 0.05) is 25.9 Å². The molecular formula is C20H26N4O3. The lowest BCUT2D eigenvalue weighted by Gasteiger charge is -2.17. The minimum atomic E-state index is -0.277. The predicted octanol–water partition coefficient (Wildman–Crippen LogP) is 2.46. The van der Waals surface area contributed by atoms with Crippen LogP contribution in [0.4, 0.5) is 5.69 Å². The fourth-order valence-corrected chi connectivity index (χ4v) is 3.43. The van der Waals surface area contributed by atoms with Gasteiger partial charge >= 0.3 is 0 Å². The number of anilines is 1. The summed E-state index contributed by atoms with van der Waals surface area (Å²) in [6, 6.07) is 5.88. The number of amides is 2. The minimum Gasteiger partial charge on any atom is -0.383 e.